The van der Waals surface area contributed by atoms with Crippen LogP contribution in [-0.4, -0.2) is 82.3 Å². The van der Waals surface area contributed by atoms with Gasteiger partial charge >= 0.3 is 11.9 Å². The lowest BCUT2D eigenvalue weighted by molar-refractivity contribution is -0.870. The van der Waals surface area contributed by atoms with Crippen LogP contribution < -0.4 is 5.11 Å². The molecule has 0 aliphatic carbocycles. The number of hydrogen-bond donors (Lipinski definition) is 0. The van der Waals surface area contributed by atoms with Crippen molar-refractivity contribution in [2.45, 2.75) is 180 Å². The molecule has 2 atom stereocenters. The van der Waals surface area contributed by atoms with Gasteiger partial charge in [-0.1, -0.05) is 163 Å². The minimum Gasteiger partial charge on any atom is -0.545 e. The third kappa shape index (κ3) is 44.3. The fourth-order valence-corrected chi connectivity index (χ4v) is 5.97. The number of carboxylic acid groups (broad SMARTS) is 1. The lowest BCUT2D eigenvalue weighted by Crippen LogP contribution is -2.44. The van der Waals surface area contributed by atoms with Gasteiger partial charge in [-0.25, -0.2) is 0 Å². The van der Waals surface area contributed by atoms with Gasteiger partial charge in [-0.2, -0.15) is 0 Å². The van der Waals surface area contributed by atoms with E-state index in [0.717, 1.165) is 70.6 Å². The maximum Gasteiger partial charge on any atom is 0.306 e. The van der Waals surface area contributed by atoms with Crippen LogP contribution in [-0.2, 0) is 33.3 Å². The highest BCUT2D eigenvalue weighted by Crippen LogP contribution is 2.13. The zero-order valence-corrected chi connectivity index (χ0v) is 39.2. The van der Waals surface area contributed by atoms with Gasteiger partial charge in [-0.15, -0.1) is 0 Å². The van der Waals surface area contributed by atoms with Gasteiger partial charge in [-0.3, -0.25) is 9.59 Å². The number of ether oxygens (including phenoxy) is 4. The fraction of sp³-hybridized carbons (Fsp3) is 0.673. The largest absolute Gasteiger partial charge is 0.545 e. The summed E-state index contributed by atoms with van der Waals surface area (Å²) in [6, 6.07) is 0. The van der Waals surface area contributed by atoms with Crippen LogP contribution >= 0.6 is 0 Å². The molecule has 0 spiro atoms. The van der Waals surface area contributed by atoms with Crippen LogP contribution in [0.5, 0.6) is 0 Å². The van der Waals surface area contributed by atoms with Crippen molar-refractivity contribution < 1.29 is 42.9 Å². The predicted molar refractivity (Wildman–Crippen MR) is 251 cm³/mol. The van der Waals surface area contributed by atoms with E-state index in [1.54, 1.807) is 0 Å². The molecule has 0 aromatic rings. The van der Waals surface area contributed by atoms with Crippen molar-refractivity contribution in [1.29, 1.82) is 0 Å². The topological polar surface area (TPSA) is 111 Å². The van der Waals surface area contributed by atoms with Crippen LogP contribution in [0.2, 0.25) is 0 Å². The highest BCUT2D eigenvalue weighted by Gasteiger charge is 2.21. The van der Waals surface area contributed by atoms with Crippen molar-refractivity contribution in [1.82, 2.24) is 0 Å². The van der Waals surface area contributed by atoms with Crippen LogP contribution in [0.1, 0.15) is 168 Å². The molecular weight excluding hydrogens is 767 g/mol. The number of esters is 2. The number of aliphatic carboxylic acids is 1. The first-order chi connectivity index (χ1) is 29.6. The summed E-state index contributed by atoms with van der Waals surface area (Å²) in [5, 5.41) is 11.7. The zero-order chi connectivity index (χ0) is 44.9. The summed E-state index contributed by atoms with van der Waals surface area (Å²) in [4.78, 5) is 37.0. The Balaban J connectivity index is 4.55. The summed E-state index contributed by atoms with van der Waals surface area (Å²) in [6.07, 6.45) is 52.0. The second kappa shape index (κ2) is 43.1. The van der Waals surface area contributed by atoms with Crippen LogP contribution in [0.25, 0.3) is 0 Å². The molecule has 9 nitrogen and oxygen atoms in total. The van der Waals surface area contributed by atoms with Crippen molar-refractivity contribution >= 4 is 17.9 Å². The Kier molecular flexibility index (Phi) is 40.6. The summed E-state index contributed by atoms with van der Waals surface area (Å²) < 4.78 is 22.5. The molecule has 348 valence electrons. The maximum absolute atomic E-state index is 12.7. The molecule has 0 N–H and O–H groups in total. The molecule has 0 fully saturated rings. The van der Waals surface area contributed by atoms with E-state index in [-0.39, 0.29) is 38.6 Å². The fourth-order valence-electron chi connectivity index (χ4n) is 5.97. The Bertz CT molecular complexity index is 1270. The van der Waals surface area contributed by atoms with Crippen molar-refractivity contribution in [3.05, 3.63) is 85.1 Å². The molecule has 0 radical (unpaired) electrons. The molecular formula is C52H87NO8. The number of quaternary nitrogens is 1. The van der Waals surface area contributed by atoms with Gasteiger partial charge in [0.2, 0.25) is 0 Å². The average Bonchev–Trinajstić information content (AvgIpc) is 3.22. The first-order valence-corrected chi connectivity index (χ1v) is 23.7. The van der Waals surface area contributed by atoms with Crippen molar-refractivity contribution in [3.8, 4) is 0 Å². The number of rotatable bonds is 42. The monoisotopic (exact) mass is 854 g/mol. The summed E-state index contributed by atoms with van der Waals surface area (Å²) in [5.74, 6) is -2.41. The van der Waals surface area contributed by atoms with Gasteiger partial charge in [0.15, 0.2) is 12.4 Å². The summed E-state index contributed by atoms with van der Waals surface area (Å²) in [6.45, 7) is 4.51. The third-order valence-corrected chi connectivity index (χ3v) is 9.64. The molecule has 0 aromatic carbocycles. The SMILES string of the molecule is CC/C=C\C/C=C\C/C=C\C/C=C\C/C=C\C/C=C\CCC(=O)OC(COC(=O)CCCCCCCCC/C=C\CCCCCCCC)COC(OCC[N+](C)(C)C)C(=O)[O-]. The molecule has 0 saturated carbocycles. The smallest absolute Gasteiger partial charge is 0.306 e. The van der Waals surface area contributed by atoms with E-state index in [4.69, 9.17) is 18.9 Å². The number of carboxylic acids is 1. The Morgan fingerprint density at radius 1 is 0.508 bits per heavy atom. The van der Waals surface area contributed by atoms with Gasteiger partial charge in [0.25, 0.3) is 0 Å². The van der Waals surface area contributed by atoms with E-state index in [2.05, 4.69) is 86.8 Å². The number of likely N-dealkylation sites (N-methyl/N-ethyl adjacent to an activating group) is 1. The lowest BCUT2D eigenvalue weighted by Gasteiger charge is -2.26. The van der Waals surface area contributed by atoms with Crippen LogP contribution in [0.3, 0.4) is 0 Å². The molecule has 0 amide bonds. The number of allylic oxidation sites excluding steroid dienone is 14. The van der Waals surface area contributed by atoms with Crippen molar-refractivity contribution in [2.75, 3.05) is 47.5 Å². The molecule has 0 aromatic heterocycles. The third-order valence-electron chi connectivity index (χ3n) is 9.64. The van der Waals surface area contributed by atoms with E-state index < -0.39 is 24.3 Å². The van der Waals surface area contributed by atoms with Gasteiger partial charge in [-0.05, 0) is 77.0 Å². The number of carbonyl (C=O) groups excluding carboxylic acids is 3. The van der Waals surface area contributed by atoms with Gasteiger partial charge in [0.05, 0.1) is 40.3 Å². The second-order valence-corrected chi connectivity index (χ2v) is 16.7. The van der Waals surface area contributed by atoms with Crippen LogP contribution in [0.4, 0.5) is 0 Å². The Morgan fingerprint density at radius 2 is 0.967 bits per heavy atom. The minimum absolute atomic E-state index is 0.118. The molecule has 9 heteroatoms. The Labute approximate surface area is 372 Å². The predicted octanol–water partition coefficient (Wildman–Crippen LogP) is 11.6. The highest BCUT2D eigenvalue weighted by atomic mass is 16.7. The van der Waals surface area contributed by atoms with E-state index in [0.29, 0.717) is 17.4 Å². The minimum atomic E-state index is -1.64. The molecule has 2 unspecified atom stereocenters. The summed E-state index contributed by atoms with van der Waals surface area (Å²) in [7, 11) is 5.88. The Morgan fingerprint density at radius 3 is 1.46 bits per heavy atom. The standard InChI is InChI=1S/C52H87NO8/c1-6-8-10-12-14-16-18-20-22-24-25-27-29-31-33-35-37-39-41-43-50(55)61-48(47-60-52(51(56)57)58-45-44-53(3,4)5)46-59-49(54)42-40-38-36-34-32-30-28-26-23-21-19-17-15-13-11-9-7-2/h8,10,14,16,20-23,25,27,31,33,37,39,48,52H,6-7,9,11-13,15,17-19,24,26,28-30,32,34-36,38,40-47H2,1-5H3/b10-8-,16-14-,22-20-,23-21-,27-25-,33-31-,39-37-. The maximum atomic E-state index is 12.7. The molecule has 0 aliphatic heterocycles. The van der Waals surface area contributed by atoms with E-state index >= 15 is 0 Å². The summed E-state index contributed by atoms with van der Waals surface area (Å²) in [5.41, 5.74) is 0. The van der Waals surface area contributed by atoms with Crippen molar-refractivity contribution in [3.63, 3.8) is 0 Å². The van der Waals surface area contributed by atoms with E-state index in [1.165, 1.54) is 64.2 Å². The molecule has 0 bridgehead atoms. The molecule has 0 aliphatic rings. The quantitative estimate of drug-likeness (QED) is 0.0196. The first-order valence-electron chi connectivity index (χ1n) is 23.7. The average molecular weight is 854 g/mol. The van der Waals surface area contributed by atoms with Crippen LogP contribution in [0, 0.1) is 0 Å². The van der Waals surface area contributed by atoms with E-state index in [1.807, 2.05) is 33.3 Å². The molecule has 61 heavy (non-hydrogen) atoms. The number of nitrogens with zero attached hydrogens (tertiary/aromatic N) is 1. The normalized spacial score (nSPS) is 13.7. The Hall–Kier alpha value is -3.53. The first kappa shape index (κ1) is 57.5. The van der Waals surface area contributed by atoms with E-state index in [9.17, 15) is 19.5 Å². The molecule has 0 saturated heterocycles. The number of hydrogen-bond acceptors (Lipinski definition) is 8. The number of unbranched alkanes of at least 4 members (excludes halogenated alkanes) is 13. The lowest BCUT2D eigenvalue weighted by atomic mass is 10.1. The second-order valence-electron chi connectivity index (χ2n) is 16.7. The van der Waals surface area contributed by atoms with Gasteiger partial charge in [0.1, 0.15) is 13.2 Å². The highest BCUT2D eigenvalue weighted by molar-refractivity contribution is 5.70. The summed E-state index contributed by atoms with van der Waals surface area (Å²) >= 11 is 0. The van der Waals surface area contributed by atoms with Gasteiger partial charge < -0.3 is 33.3 Å². The van der Waals surface area contributed by atoms with Crippen molar-refractivity contribution in [2.24, 2.45) is 0 Å². The molecule has 0 heterocycles. The van der Waals surface area contributed by atoms with Gasteiger partial charge in [0, 0.05) is 12.8 Å². The van der Waals surface area contributed by atoms with Crippen LogP contribution in [0.15, 0.2) is 85.1 Å². The zero-order valence-electron chi connectivity index (χ0n) is 39.2. The number of carbonyl (C=O) groups is 3. The molecule has 0 rings (SSSR count).